The number of benzene rings is 2. The Bertz CT molecular complexity index is 1020. The Balaban J connectivity index is 1.48. The maximum absolute atomic E-state index is 13.3. The van der Waals surface area contributed by atoms with Crippen molar-refractivity contribution in [3.63, 3.8) is 0 Å². The zero-order chi connectivity index (χ0) is 20.2. The molecule has 2 aromatic carbocycles. The van der Waals surface area contributed by atoms with Crippen molar-refractivity contribution in [2.75, 3.05) is 23.3 Å². The van der Waals surface area contributed by atoms with Gasteiger partial charge in [-0.3, -0.25) is 4.79 Å². The summed E-state index contributed by atoms with van der Waals surface area (Å²) in [7, 11) is 0. The second kappa shape index (κ2) is 8.57. The summed E-state index contributed by atoms with van der Waals surface area (Å²) in [5.41, 5.74) is 2.65. The number of nitrogens with one attached hydrogen (secondary N) is 1. The van der Waals surface area contributed by atoms with Crippen LogP contribution in [-0.2, 0) is 0 Å². The number of amides is 1. The smallest absolute Gasteiger partial charge is 0.255 e. The van der Waals surface area contributed by atoms with Crippen LogP contribution in [0.3, 0.4) is 0 Å². The van der Waals surface area contributed by atoms with Gasteiger partial charge in [0.15, 0.2) is 0 Å². The number of carbonyl (C=O) groups excluding carboxylic acids is 1. The number of hydrogen-bond donors (Lipinski definition) is 1. The lowest BCUT2D eigenvalue weighted by molar-refractivity contribution is 0.102. The third-order valence-corrected chi connectivity index (χ3v) is 5.24. The van der Waals surface area contributed by atoms with Crippen LogP contribution >= 0.6 is 11.6 Å². The van der Waals surface area contributed by atoms with Crippen molar-refractivity contribution in [2.45, 2.75) is 19.3 Å². The van der Waals surface area contributed by atoms with E-state index in [0.29, 0.717) is 11.3 Å². The molecule has 1 aliphatic rings. The Morgan fingerprint density at radius 1 is 1.00 bits per heavy atom. The molecule has 7 heteroatoms. The van der Waals surface area contributed by atoms with Crippen molar-refractivity contribution in [3.8, 4) is 11.3 Å². The molecule has 1 saturated heterocycles. The molecular formula is C22H20ClFN4O. The van der Waals surface area contributed by atoms with E-state index in [4.69, 9.17) is 11.6 Å². The Morgan fingerprint density at radius 3 is 2.48 bits per heavy atom. The number of rotatable bonds is 4. The molecule has 1 N–H and O–H groups in total. The molecule has 1 amide bonds. The number of anilines is 2. The molecule has 0 radical (unpaired) electrons. The predicted molar refractivity (Wildman–Crippen MR) is 113 cm³/mol. The largest absolute Gasteiger partial charge is 0.357 e. The molecule has 4 rings (SSSR count). The van der Waals surface area contributed by atoms with Gasteiger partial charge in [-0.1, -0.05) is 23.7 Å². The summed E-state index contributed by atoms with van der Waals surface area (Å²) < 4.78 is 13.3. The van der Waals surface area contributed by atoms with Crippen LogP contribution in [0.5, 0.6) is 0 Å². The molecule has 148 valence electrons. The Hall–Kier alpha value is -2.99. The zero-order valence-corrected chi connectivity index (χ0v) is 16.5. The van der Waals surface area contributed by atoms with Crippen LogP contribution < -0.4 is 10.2 Å². The maximum atomic E-state index is 13.3. The van der Waals surface area contributed by atoms with Crippen molar-refractivity contribution in [1.82, 2.24) is 9.97 Å². The van der Waals surface area contributed by atoms with Gasteiger partial charge >= 0.3 is 0 Å². The molecule has 1 aliphatic heterocycles. The van der Waals surface area contributed by atoms with Crippen LogP contribution in [0.1, 0.15) is 29.6 Å². The van der Waals surface area contributed by atoms with E-state index in [9.17, 15) is 9.18 Å². The van der Waals surface area contributed by atoms with Gasteiger partial charge in [-0.05, 0) is 49.6 Å². The molecule has 3 aromatic rings. The van der Waals surface area contributed by atoms with Gasteiger partial charge in [0.05, 0.1) is 10.7 Å². The highest BCUT2D eigenvalue weighted by Gasteiger charge is 2.14. The highest BCUT2D eigenvalue weighted by Crippen LogP contribution is 2.24. The molecule has 0 atom stereocenters. The molecule has 29 heavy (non-hydrogen) atoms. The fourth-order valence-electron chi connectivity index (χ4n) is 3.37. The first-order chi connectivity index (χ1) is 14.1. The fourth-order valence-corrected chi connectivity index (χ4v) is 3.55. The van der Waals surface area contributed by atoms with Gasteiger partial charge in [-0.2, -0.15) is 0 Å². The van der Waals surface area contributed by atoms with Crippen LogP contribution in [0.15, 0.2) is 54.9 Å². The minimum atomic E-state index is -0.525. The van der Waals surface area contributed by atoms with E-state index in [1.807, 2.05) is 18.2 Å². The number of carbonyl (C=O) groups is 1. The number of hydrogen-bond acceptors (Lipinski definition) is 4. The second-order valence-electron chi connectivity index (χ2n) is 6.97. The first kappa shape index (κ1) is 19.3. The van der Waals surface area contributed by atoms with Crippen LogP contribution in [0.2, 0.25) is 5.02 Å². The van der Waals surface area contributed by atoms with Gasteiger partial charge in [0.2, 0.25) is 0 Å². The van der Waals surface area contributed by atoms with Crippen LogP contribution in [-0.4, -0.2) is 29.0 Å². The average Bonchev–Trinajstić information content (AvgIpc) is 2.77. The highest BCUT2D eigenvalue weighted by atomic mass is 35.5. The van der Waals surface area contributed by atoms with Crippen molar-refractivity contribution in [1.29, 1.82) is 0 Å². The molecular weight excluding hydrogens is 391 g/mol. The predicted octanol–water partition coefficient (Wildman–Crippen LogP) is 5.18. The molecule has 2 heterocycles. The maximum Gasteiger partial charge on any atom is 0.255 e. The number of halogens is 2. The van der Waals surface area contributed by atoms with E-state index in [0.717, 1.165) is 30.2 Å². The first-order valence-electron chi connectivity index (χ1n) is 9.54. The quantitative estimate of drug-likeness (QED) is 0.644. The Labute approximate surface area is 173 Å². The standard InChI is InChI=1S/C22H20ClFN4O/c23-18-12-17(8-9-19(18)24)27-22(29)16-6-4-15(5-7-16)20-13-21(26-14-25-20)28-10-2-1-3-11-28/h4-9,12-14H,1-3,10-11H2,(H,27,29). The van der Waals surface area contributed by atoms with Gasteiger partial charge in [-0.25, -0.2) is 14.4 Å². The molecule has 1 aromatic heterocycles. The van der Waals surface area contributed by atoms with E-state index in [1.54, 1.807) is 18.5 Å². The summed E-state index contributed by atoms with van der Waals surface area (Å²) in [4.78, 5) is 23.5. The number of piperidine rings is 1. The number of aromatic nitrogens is 2. The Kier molecular flexibility index (Phi) is 5.71. The van der Waals surface area contributed by atoms with Gasteiger partial charge in [0, 0.05) is 36.0 Å². The fraction of sp³-hybridized carbons (Fsp3) is 0.227. The molecule has 0 aliphatic carbocycles. The van der Waals surface area contributed by atoms with Gasteiger partial charge in [-0.15, -0.1) is 0 Å². The van der Waals surface area contributed by atoms with E-state index in [2.05, 4.69) is 20.2 Å². The van der Waals surface area contributed by atoms with Crippen molar-refractivity contribution in [3.05, 3.63) is 71.3 Å². The highest BCUT2D eigenvalue weighted by molar-refractivity contribution is 6.31. The zero-order valence-electron chi connectivity index (χ0n) is 15.7. The monoisotopic (exact) mass is 410 g/mol. The van der Waals surface area contributed by atoms with Gasteiger partial charge in [0.25, 0.3) is 5.91 Å². The van der Waals surface area contributed by atoms with Crippen LogP contribution in [0, 0.1) is 5.82 Å². The van der Waals surface area contributed by atoms with Crippen LogP contribution in [0.4, 0.5) is 15.9 Å². The summed E-state index contributed by atoms with van der Waals surface area (Å²) >= 11 is 5.76. The van der Waals surface area contributed by atoms with Crippen LogP contribution in [0.25, 0.3) is 11.3 Å². The van der Waals surface area contributed by atoms with Crippen molar-refractivity contribution >= 4 is 29.0 Å². The lowest BCUT2D eigenvalue weighted by Crippen LogP contribution is -2.30. The lowest BCUT2D eigenvalue weighted by Gasteiger charge is -2.27. The van der Waals surface area contributed by atoms with E-state index in [1.165, 1.54) is 37.5 Å². The summed E-state index contributed by atoms with van der Waals surface area (Å²) in [6, 6.07) is 13.2. The van der Waals surface area contributed by atoms with Gasteiger partial charge < -0.3 is 10.2 Å². The molecule has 0 spiro atoms. The van der Waals surface area contributed by atoms with E-state index in [-0.39, 0.29) is 10.9 Å². The number of nitrogens with zero attached hydrogens (tertiary/aromatic N) is 3. The second-order valence-corrected chi connectivity index (χ2v) is 7.38. The molecule has 0 bridgehead atoms. The molecule has 1 fully saturated rings. The summed E-state index contributed by atoms with van der Waals surface area (Å²) in [5, 5.41) is 2.68. The lowest BCUT2D eigenvalue weighted by atomic mass is 10.1. The van der Waals surface area contributed by atoms with Crippen molar-refractivity contribution < 1.29 is 9.18 Å². The topological polar surface area (TPSA) is 58.1 Å². The summed E-state index contributed by atoms with van der Waals surface area (Å²) in [5.74, 6) is 0.114. The minimum absolute atomic E-state index is 0.0357. The normalized spacial score (nSPS) is 13.9. The summed E-state index contributed by atoms with van der Waals surface area (Å²) in [6.07, 6.45) is 5.21. The third kappa shape index (κ3) is 4.54. The molecule has 0 unspecified atom stereocenters. The average molecular weight is 411 g/mol. The molecule has 5 nitrogen and oxygen atoms in total. The summed E-state index contributed by atoms with van der Waals surface area (Å²) in [6.45, 7) is 2.03. The first-order valence-corrected chi connectivity index (χ1v) is 9.92. The SMILES string of the molecule is O=C(Nc1ccc(F)c(Cl)c1)c1ccc(-c2cc(N3CCCCC3)ncn2)cc1. The van der Waals surface area contributed by atoms with E-state index >= 15 is 0 Å². The van der Waals surface area contributed by atoms with Gasteiger partial charge in [0.1, 0.15) is 18.0 Å². The minimum Gasteiger partial charge on any atom is -0.357 e. The van der Waals surface area contributed by atoms with E-state index < -0.39 is 5.82 Å². The Morgan fingerprint density at radius 2 is 1.76 bits per heavy atom. The molecule has 0 saturated carbocycles. The third-order valence-electron chi connectivity index (χ3n) is 4.95. The van der Waals surface area contributed by atoms with Crippen molar-refractivity contribution in [2.24, 2.45) is 0 Å².